The van der Waals surface area contributed by atoms with Crippen LogP contribution in [-0.2, 0) is 28.6 Å². The van der Waals surface area contributed by atoms with Crippen LogP contribution in [-0.4, -0.2) is 37.2 Å². The molecule has 0 N–H and O–H groups in total. The first kappa shape index (κ1) is 64.4. The first-order valence-electron chi connectivity index (χ1n) is 29.1. The van der Waals surface area contributed by atoms with Gasteiger partial charge in [-0.05, 0) is 96.3 Å². The van der Waals surface area contributed by atoms with E-state index in [2.05, 4.69) is 69.4 Å². The molecule has 6 nitrogen and oxygen atoms in total. The van der Waals surface area contributed by atoms with E-state index in [0.717, 1.165) is 77.0 Å². The average molecular weight is 940 g/mol. The summed E-state index contributed by atoms with van der Waals surface area (Å²) < 4.78 is 16.8. The van der Waals surface area contributed by atoms with Gasteiger partial charge in [0.2, 0.25) is 0 Å². The van der Waals surface area contributed by atoms with Gasteiger partial charge < -0.3 is 14.2 Å². The van der Waals surface area contributed by atoms with Crippen molar-refractivity contribution in [3.05, 3.63) is 48.6 Å². The Morgan fingerprint density at radius 1 is 0.299 bits per heavy atom. The van der Waals surface area contributed by atoms with Gasteiger partial charge in [0.05, 0.1) is 0 Å². The van der Waals surface area contributed by atoms with E-state index in [4.69, 9.17) is 14.2 Å². The maximum atomic E-state index is 12.8. The highest BCUT2D eigenvalue weighted by molar-refractivity contribution is 5.71. The zero-order chi connectivity index (χ0) is 48.6. The molecule has 390 valence electrons. The normalized spacial score (nSPS) is 12.3. The van der Waals surface area contributed by atoms with E-state index in [1.165, 1.54) is 186 Å². The highest BCUT2D eigenvalue weighted by Gasteiger charge is 2.19. The van der Waals surface area contributed by atoms with E-state index >= 15 is 0 Å². The summed E-state index contributed by atoms with van der Waals surface area (Å²) in [5, 5.41) is 0. The van der Waals surface area contributed by atoms with Crippen molar-refractivity contribution in [2.24, 2.45) is 0 Å². The Bertz CT molecular complexity index is 1170. The quantitative estimate of drug-likeness (QED) is 0.0262. The summed E-state index contributed by atoms with van der Waals surface area (Å²) >= 11 is 0. The van der Waals surface area contributed by atoms with Crippen LogP contribution in [0.4, 0.5) is 0 Å². The molecule has 1 atom stereocenters. The molecule has 1 unspecified atom stereocenters. The maximum absolute atomic E-state index is 12.8. The van der Waals surface area contributed by atoms with Crippen molar-refractivity contribution < 1.29 is 28.6 Å². The molecule has 0 amide bonds. The van der Waals surface area contributed by atoms with Gasteiger partial charge in [-0.1, -0.05) is 236 Å². The average Bonchev–Trinajstić information content (AvgIpc) is 3.33. The number of carbonyl (C=O) groups excluding carboxylic acids is 3. The van der Waals surface area contributed by atoms with Crippen LogP contribution in [0, 0.1) is 0 Å². The summed E-state index contributed by atoms with van der Waals surface area (Å²) in [5.74, 6) is -0.886. The van der Waals surface area contributed by atoms with E-state index in [1.807, 2.05) is 0 Å². The molecule has 0 heterocycles. The van der Waals surface area contributed by atoms with E-state index in [9.17, 15) is 14.4 Å². The Kier molecular flexibility index (Phi) is 53.8. The standard InChI is InChI=1S/C61H110O6/c1-4-7-10-13-16-19-22-24-26-28-30-31-32-34-35-37-39-42-45-48-51-54-60(63)66-57-58(56-65-59(62)53-50-47-44-41-21-18-15-12-9-6-3)67-61(64)55-52-49-46-43-40-38-36-33-29-27-25-23-20-17-14-11-8-5-2/h12,15,22,24,27-30,58H,4-11,13-14,16-21,23,25-26,31-57H2,1-3H3/b15-12-,24-22-,29-27-,30-28-. The van der Waals surface area contributed by atoms with Crippen molar-refractivity contribution in [1.29, 1.82) is 0 Å². The zero-order valence-electron chi connectivity index (χ0n) is 44.7. The maximum Gasteiger partial charge on any atom is 0.306 e. The lowest BCUT2D eigenvalue weighted by Crippen LogP contribution is -2.30. The molecular weight excluding hydrogens is 829 g/mol. The number of hydrogen-bond acceptors (Lipinski definition) is 6. The van der Waals surface area contributed by atoms with Crippen LogP contribution in [0.25, 0.3) is 0 Å². The van der Waals surface area contributed by atoms with Gasteiger partial charge in [-0.25, -0.2) is 0 Å². The number of rotatable bonds is 53. The van der Waals surface area contributed by atoms with Crippen LogP contribution in [0.5, 0.6) is 0 Å². The summed E-state index contributed by atoms with van der Waals surface area (Å²) in [5.41, 5.74) is 0. The number of esters is 3. The van der Waals surface area contributed by atoms with Crippen LogP contribution in [0.2, 0.25) is 0 Å². The van der Waals surface area contributed by atoms with Gasteiger partial charge in [-0.2, -0.15) is 0 Å². The monoisotopic (exact) mass is 939 g/mol. The SMILES string of the molecule is CCC/C=C\CCCCCCCC(=O)OCC(COC(=O)CCCCCCCCCCC/C=C\C/C=C\CCCCCCC)OC(=O)CCCCCCCCC/C=C\CCCCCCCCC. The molecule has 0 bridgehead atoms. The van der Waals surface area contributed by atoms with Gasteiger partial charge in [0, 0.05) is 19.3 Å². The topological polar surface area (TPSA) is 78.9 Å². The van der Waals surface area contributed by atoms with Gasteiger partial charge in [-0.3, -0.25) is 14.4 Å². The predicted molar refractivity (Wildman–Crippen MR) is 289 cm³/mol. The Hall–Kier alpha value is -2.63. The van der Waals surface area contributed by atoms with Gasteiger partial charge >= 0.3 is 17.9 Å². The van der Waals surface area contributed by atoms with E-state index in [0.29, 0.717) is 19.3 Å². The third kappa shape index (κ3) is 54.2. The van der Waals surface area contributed by atoms with E-state index < -0.39 is 6.10 Å². The van der Waals surface area contributed by atoms with Gasteiger partial charge in [-0.15, -0.1) is 0 Å². The minimum Gasteiger partial charge on any atom is -0.462 e. The predicted octanol–water partition coefficient (Wildman–Crippen LogP) is 19.4. The Balaban J connectivity index is 4.29. The number of allylic oxidation sites excluding steroid dienone is 8. The van der Waals surface area contributed by atoms with Crippen molar-refractivity contribution in [2.45, 2.75) is 309 Å². The van der Waals surface area contributed by atoms with E-state index in [1.54, 1.807) is 0 Å². The van der Waals surface area contributed by atoms with Crippen LogP contribution < -0.4 is 0 Å². The lowest BCUT2D eigenvalue weighted by molar-refractivity contribution is -0.167. The first-order valence-corrected chi connectivity index (χ1v) is 29.1. The minimum atomic E-state index is -0.779. The van der Waals surface area contributed by atoms with Crippen LogP contribution in [0.15, 0.2) is 48.6 Å². The summed E-state index contributed by atoms with van der Waals surface area (Å²) in [6.07, 6.45) is 68.2. The molecule has 0 aromatic carbocycles. The summed E-state index contributed by atoms with van der Waals surface area (Å²) in [6, 6.07) is 0. The lowest BCUT2D eigenvalue weighted by Gasteiger charge is -2.18. The third-order valence-corrected chi connectivity index (χ3v) is 12.8. The summed E-state index contributed by atoms with van der Waals surface area (Å²) in [6.45, 7) is 6.58. The van der Waals surface area contributed by atoms with Crippen molar-refractivity contribution in [3.63, 3.8) is 0 Å². The molecule has 0 saturated heterocycles. The molecule has 0 rings (SSSR count). The largest absolute Gasteiger partial charge is 0.462 e. The van der Waals surface area contributed by atoms with E-state index in [-0.39, 0.29) is 31.1 Å². The van der Waals surface area contributed by atoms with Gasteiger partial charge in [0.25, 0.3) is 0 Å². The number of carbonyl (C=O) groups is 3. The van der Waals surface area contributed by atoms with Crippen LogP contribution in [0.3, 0.4) is 0 Å². The second-order valence-corrected chi connectivity index (χ2v) is 19.5. The number of hydrogen-bond donors (Lipinski definition) is 0. The molecule has 0 radical (unpaired) electrons. The van der Waals surface area contributed by atoms with Crippen molar-refractivity contribution in [2.75, 3.05) is 13.2 Å². The molecule has 0 fully saturated rings. The highest BCUT2D eigenvalue weighted by atomic mass is 16.6. The fourth-order valence-electron chi connectivity index (χ4n) is 8.35. The molecule has 0 aromatic heterocycles. The smallest absolute Gasteiger partial charge is 0.306 e. The Morgan fingerprint density at radius 3 is 0.896 bits per heavy atom. The molecule has 0 aromatic rings. The van der Waals surface area contributed by atoms with Crippen molar-refractivity contribution in [3.8, 4) is 0 Å². The van der Waals surface area contributed by atoms with Crippen molar-refractivity contribution >= 4 is 17.9 Å². The fraction of sp³-hybridized carbons (Fsp3) is 0.820. The lowest BCUT2D eigenvalue weighted by atomic mass is 10.1. The number of ether oxygens (including phenoxy) is 3. The first-order chi connectivity index (χ1) is 33.0. The number of unbranched alkanes of at least 4 members (excludes halogenated alkanes) is 34. The summed E-state index contributed by atoms with van der Waals surface area (Å²) in [7, 11) is 0. The van der Waals surface area contributed by atoms with Crippen molar-refractivity contribution in [1.82, 2.24) is 0 Å². The highest BCUT2D eigenvalue weighted by Crippen LogP contribution is 2.16. The van der Waals surface area contributed by atoms with Gasteiger partial charge in [0.1, 0.15) is 13.2 Å². The summed E-state index contributed by atoms with van der Waals surface area (Å²) in [4.78, 5) is 38.1. The third-order valence-electron chi connectivity index (χ3n) is 12.8. The van der Waals surface area contributed by atoms with Crippen LogP contribution in [0.1, 0.15) is 303 Å². The molecule has 0 spiro atoms. The molecule has 0 saturated carbocycles. The molecular formula is C61H110O6. The minimum absolute atomic E-state index is 0.0784. The fourth-order valence-corrected chi connectivity index (χ4v) is 8.35. The molecule has 0 aliphatic heterocycles. The second-order valence-electron chi connectivity index (χ2n) is 19.5. The molecule has 0 aliphatic carbocycles. The Labute approximate surface area is 416 Å². The molecule has 6 heteroatoms. The molecule has 0 aliphatic rings. The van der Waals surface area contributed by atoms with Gasteiger partial charge in [0.15, 0.2) is 6.10 Å². The zero-order valence-corrected chi connectivity index (χ0v) is 44.7. The Morgan fingerprint density at radius 2 is 0.567 bits per heavy atom. The molecule has 67 heavy (non-hydrogen) atoms. The second kappa shape index (κ2) is 56.0. The van der Waals surface area contributed by atoms with Crippen LogP contribution >= 0.6 is 0 Å².